The summed E-state index contributed by atoms with van der Waals surface area (Å²) in [5.74, 6) is 2.06. The number of hydrogen-bond acceptors (Lipinski definition) is 8. The van der Waals surface area contributed by atoms with Crippen LogP contribution in [0.25, 0.3) is 10.9 Å². The average Bonchev–Trinajstić information content (AvgIpc) is 3.30. The summed E-state index contributed by atoms with van der Waals surface area (Å²) < 4.78 is 17.3. The molecule has 1 spiro atoms. The predicted octanol–water partition coefficient (Wildman–Crippen LogP) is 5.52. The van der Waals surface area contributed by atoms with Crippen LogP contribution in [-0.2, 0) is 22.5 Å². The van der Waals surface area contributed by atoms with E-state index in [0.717, 1.165) is 59.8 Å². The Labute approximate surface area is 219 Å². The number of anilines is 2. The lowest BCUT2D eigenvalue weighted by molar-refractivity contribution is 0.0441. The van der Waals surface area contributed by atoms with Crippen molar-refractivity contribution >= 4 is 39.9 Å². The topological polar surface area (TPSA) is 90.8 Å². The SMILES string of the molecule is Clc1cc(Nc2ncnc3ccc(CC4=NC5(CCOCC5)CO4)cc23)ccc1OCc1ccccn1. The highest BCUT2D eigenvalue weighted by molar-refractivity contribution is 6.32. The molecule has 9 heteroatoms. The smallest absolute Gasteiger partial charge is 0.188 e. The molecular formula is C28H26ClN5O3. The Hall–Kier alpha value is -3.75. The van der Waals surface area contributed by atoms with Gasteiger partial charge >= 0.3 is 0 Å². The quantitative estimate of drug-likeness (QED) is 0.346. The van der Waals surface area contributed by atoms with E-state index in [1.807, 2.05) is 42.5 Å². The van der Waals surface area contributed by atoms with Gasteiger partial charge in [-0.2, -0.15) is 0 Å². The lowest BCUT2D eigenvalue weighted by Gasteiger charge is -2.28. The third kappa shape index (κ3) is 5.35. The summed E-state index contributed by atoms with van der Waals surface area (Å²) in [7, 11) is 0. The second-order valence-corrected chi connectivity index (χ2v) is 9.67. The predicted molar refractivity (Wildman–Crippen MR) is 143 cm³/mol. The highest BCUT2D eigenvalue weighted by Crippen LogP contribution is 2.33. The van der Waals surface area contributed by atoms with Gasteiger partial charge in [-0.15, -0.1) is 0 Å². The number of benzene rings is 2. The number of halogens is 1. The van der Waals surface area contributed by atoms with E-state index in [1.165, 1.54) is 0 Å². The Morgan fingerprint density at radius 3 is 2.76 bits per heavy atom. The van der Waals surface area contributed by atoms with Crippen molar-refractivity contribution in [2.45, 2.75) is 31.4 Å². The molecule has 6 rings (SSSR count). The zero-order valence-electron chi connectivity index (χ0n) is 20.2. The van der Waals surface area contributed by atoms with E-state index in [1.54, 1.807) is 12.5 Å². The molecule has 1 fully saturated rings. The molecule has 188 valence electrons. The first-order chi connectivity index (χ1) is 18.2. The zero-order valence-corrected chi connectivity index (χ0v) is 20.9. The molecule has 1 saturated heterocycles. The van der Waals surface area contributed by atoms with E-state index < -0.39 is 0 Å². The molecular weight excluding hydrogens is 490 g/mol. The molecule has 0 saturated carbocycles. The standard InChI is InChI=1S/C28H26ClN5O3/c29-23-15-20(5-7-25(23)36-16-21-3-1-2-10-30-21)33-27-22-13-19(4-6-24(22)31-18-32-27)14-26-34-28(17-37-26)8-11-35-12-9-28/h1-7,10,13,15,18H,8-9,11-12,14,16-17H2,(H,31,32,33). The summed E-state index contributed by atoms with van der Waals surface area (Å²) >= 11 is 6.51. The molecule has 1 N–H and O–H groups in total. The normalized spacial score (nSPS) is 16.4. The van der Waals surface area contributed by atoms with Crippen LogP contribution >= 0.6 is 11.6 Å². The van der Waals surface area contributed by atoms with E-state index in [2.05, 4.69) is 32.4 Å². The lowest BCUT2D eigenvalue weighted by atomic mass is 9.92. The van der Waals surface area contributed by atoms with Crippen LogP contribution < -0.4 is 10.1 Å². The molecule has 4 aromatic rings. The fourth-order valence-corrected chi connectivity index (χ4v) is 4.84. The van der Waals surface area contributed by atoms with Gasteiger partial charge in [-0.25, -0.2) is 15.0 Å². The number of pyridine rings is 1. The highest BCUT2D eigenvalue weighted by atomic mass is 35.5. The first-order valence-corrected chi connectivity index (χ1v) is 12.7. The summed E-state index contributed by atoms with van der Waals surface area (Å²) in [6.07, 6.45) is 5.73. The molecule has 0 bridgehead atoms. The number of rotatable bonds is 7. The summed E-state index contributed by atoms with van der Waals surface area (Å²) in [5.41, 5.74) is 3.45. The molecule has 2 aromatic carbocycles. The summed E-state index contributed by atoms with van der Waals surface area (Å²) in [5, 5.41) is 4.78. The first kappa shape index (κ1) is 23.6. The van der Waals surface area contributed by atoms with Gasteiger partial charge in [0.05, 0.1) is 16.2 Å². The Morgan fingerprint density at radius 1 is 1.00 bits per heavy atom. The van der Waals surface area contributed by atoms with Crippen molar-refractivity contribution in [2.75, 3.05) is 25.1 Å². The van der Waals surface area contributed by atoms with Crippen molar-refractivity contribution in [3.63, 3.8) is 0 Å². The largest absolute Gasteiger partial charge is 0.486 e. The molecule has 8 nitrogen and oxygen atoms in total. The fraction of sp³-hybridized carbons (Fsp3) is 0.286. The van der Waals surface area contributed by atoms with Gasteiger partial charge in [-0.3, -0.25) is 4.98 Å². The number of ether oxygens (including phenoxy) is 3. The minimum absolute atomic E-state index is 0.118. The third-order valence-electron chi connectivity index (χ3n) is 6.64. The molecule has 2 aromatic heterocycles. The number of aromatic nitrogens is 3. The summed E-state index contributed by atoms with van der Waals surface area (Å²) in [4.78, 5) is 18.1. The van der Waals surface area contributed by atoms with Crippen molar-refractivity contribution in [1.29, 1.82) is 0 Å². The Kier molecular flexibility index (Phi) is 6.59. The fourth-order valence-electron chi connectivity index (χ4n) is 4.60. The second kappa shape index (κ2) is 10.3. The van der Waals surface area contributed by atoms with Crippen LogP contribution in [0.15, 0.2) is 72.1 Å². The molecule has 4 heterocycles. The van der Waals surface area contributed by atoms with Crippen molar-refractivity contribution in [2.24, 2.45) is 4.99 Å². The van der Waals surface area contributed by atoms with Gasteiger partial charge in [0, 0.05) is 36.9 Å². The molecule has 37 heavy (non-hydrogen) atoms. The van der Waals surface area contributed by atoms with E-state index in [-0.39, 0.29) is 5.54 Å². The minimum atomic E-state index is -0.118. The molecule has 0 atom stereocenters. The van der Waals surface area contributed by atoms with E-state index in [0.29, 0.717) is 36.2 Å². The maximum Gasteiger partial charge on any atom is 0.188 e. The maximum atomic E-state index is 6.51. The monoisotopic (exact) mass is 515 g/mol. The van der Waals surface area contributed by atoms with Crippen LogP contribution in [0.3, 0.4) is 0 Å². The van der Waals surface area contributed by atoms with Gasteiger partial charge in [-0.1, -0.05) is 23.7 Å². The average molecular weight is 516 g/mol. The number of hydrogen-bond donors (Lipinski definition) is 1. The Morgan fingerprint density at radius 2 is 1.92 bits per heavy atom. The molecule has 0 aliphatic carbocycles. The van der Waals surface area contributed by atoms with Crippen LogP contribution in [0.4, 0.5) is 11.5 Å². The van der Waals surface area contributed by atoms with Gasteiger partial charge < -0.3 is 19.5 Å². The van der Waals surface area contributed by atoms with E-state index >= 15 is 0 Å². The number of nitrogens with one attached hydrogen (secondary N) is 1. The van der Waals surface area contributed by atoms with Crippen molar-refractivity contribution in [3.8, 4) is 5.75 Å². The summed E-state index contributed by atoms with van der Waals surface area (Å²) in [6, 6.07) is 17.4. The first-order valence-electron chi connectivity index (χ1n) is 12.3. The third-order valence-corrected chi connectivity index (χ3v) is 6.94. The van der Waals surface area contributed by atoms with Gasteiger partial charge in [0.2, 0.25) is 0 Å². The Bertz CT molecular complexity index is 1440. The van der Waals surface area contributed by atoms with E-state index in [4.69, 9.17) is 30.8 Å². The van der Waals surface area contributed by atoms with Gasteiger partial charge in [-0.05, 0) is 60.9 Å². The number of aliphatic imine (C=N–C) groups is 1. The highest BCUT2D eigenvalue weighted by Gasteiger charge is 2.38. The molecule has 2 aliphatic rings. The number of fused-ring (bicyclic) bond motifs is 1. The van der Waals surface area contributed by atoms with Gasteiger partial charge in [0.15, 0.2) is 5.90 Å². The van der Waals surface area contributed by atoms with Crippen LogP contribution in [0.2, 0.25) is 5.02 Å². The zero-order chi connectivity index (χ0) is 25.1. The van der Waals surface area contributed by atoms with Crippen LogP contribution in [0.1, 0.15) is 24.1 Å². The lowest BCUT2D eigenvalue weighted by Crippen LogP contribution is -2.35. The molecule has 0 unspecified atom stereocenters. The van der Waals surface area contributed by atoms with Gasteiger partial charge in [0.1, 0.15) is 36.6 Å². The Balaban J connectivity index is 1.18. The maximum absolute atomic E-state index is 6.51. The van der Waals surface area contributed by atoms with Crippen molar-refractivity contribution in [1.82, 2.24) is 15.0 Å². The van der Waals surface area contributed by atoms with Crippen LogP contribution in [0.5, 0.6) is 5.75 Å². The van der Waals surface area contributed by atoms with Crippen LogP contribution in [0, 0.1) is 0 Å². The van der Waals surface area contributed by atoms with Crippen LogP contribution in [-0.4, -0.2) is 46.2 Å². The molecule has 0 radical (unpaired) electrons. The van der Waals surface area contributed by atoms with Crippen molar-refractivity contribution in [3.05, 3.63) is 83.4 Å². The van der Waals surface area contributed by atoms with Crippen molar-refractivity contribution < 1.29 is 14.2 Å². The minimum Gasteiger partial charge on any atom is -0.486 e. The summed E-state index contributed by atoms with van der Waals surface area (Å²) in [6.45, 7) is 2.46. The number of nitrogens with zero attached hydrogens (tertiary/aromatic N) is 4. The molecule has 0 amide bonds. The second-order valence-electron chi connectivity index (χ2n) is 9.26. The van der Waals surface area contributed by atoms with E-state index in [9.17, 15) is 0 Å². The van der Waals surface area contributed by atoms with Gasteiger partial charge in [0.25, 0.3) is 0 Å². The molecule has 2 aliphatic heterocycles.